The Morgan fingerprint density at radius 3 is 2.60 bits per heavy atom. The Balaban J connectivity index is 1.38. The fraction of sp³-hybridized carbons (Fsp3) is 0.389. The standard InChI is InChI=1S/C18H20ClFN2O2S/c19-17-6-5-14(25-17)13-21-8-10-22(11-9-21)18(23)7-12-24-16-4-2-1-3-15(16)20/h1-6H,7-13H2. The third-order valence-electron chi connectivity index (χ3n) is 4.14. The highest BCUT2D eigenvalue weighted by Gasteiger charge is 2.21. The zero-order valence-electron chi connectivity index (χ0n) is 13.8. The van der Waals surface area contributed by atoms with Gasteiger partial charge in [-0.1, -0.05) is 23.7 Å². The summed E-state index contributed by atoms with van der Waals surface area (Å²) in [5, 5.41) is 0. The van der Waals surface area contributed by atoms with Gasteiger partial charge in [-0.3, -0.25) is 9.69 Å². The molecule has 0 N–H and O–H groups in total. The van der Waals surface area contributed by atoms with E-state index in [1.807, 2.05) is 17.0 Å². The van der Waals surface area contributed by atoms with Gasteiger partial charge in [0.15, 0.2) is 11.6 Å². The zero-order valence-corrected chi connectivity index (χ0v) is 15.4. The number of para-hydroxylation sites is 1. The summed E-state index contributed by atoms with van der Waals surface area (Å²) in [4.78, 5) is 17.7. The van der Waals surface area contributed by atoms with Gasteiger partial charge in [-0.15, -0.1) is 11.3 Å². The van der Waals surface area contributed by atoms with Crippen molar-refractivity contribution in [2.45, 2.75) is 13.0 Å². The molecular formula is C18H20ClFN2O2S. The molecule has 134 valence electrons. The molecule has 0 spiro atoms. The molecule has 0 radical (unpaired) electrons. The average molecular weight is 383 g/mol. The minimum absolute atomic E-state index is 0.0511. The molecule has 4 nitrogen and oxygen atoms in total. The fourth-order valence-electron chi connectivity index (χ4n) is 2.78. The number of carbonyl (C=O) groups excluding carboxylic acids is 1. The number of thiophene rings is 1. The number of amides is 1. The number of hydrogen-bond donors (Lipinski definition) is 0. The third-order valence-corrected chi connectivity index (χ3v) is 5.36. The minimum Gasteiger partial charge on any atom is -0.490 e. The molecule has 25 heavy (non-hydrogen) atoms. The van der Waals surface area contributed by atoms with E-state index in [9.17, 15) is 9.18 Å². The van der Waals surface area contributed by atoms with Crippen LogP contribution < -0.4 is 4.74 Å². The van der Waals surface area contributed by atoms with Crippen molar-refractivity contribution in [2.75, 3.05) is 32.8 Å². The quantitative estimate of drug-likeness (QED) is 0.764. The summed E-state index contributed by atoms with van der Waals surface area (Å²) in [7, 11) is 0. The lowest BCUT2D eigenvalue weighted by Crippen LogP contribution is -2.48. The predicted molar refractivity (Wildman–Crippen MR) is 97.7 cm³/mol. The highest BCUT2D eigenvalue weighted by Crippen LogP contribution is 2.23. The first kappa shape index (κ1) is 18.2. The molecule has 2 heterocycles. The number of rotatable bonds is 6. The first-order valence-electron chi connectivity index (χ1n) is 8.23. The molecule has 7 heteroatoms. The Morgan fingerprint density at radius 1 is 1.16 bits per heavy atom. The Labute approximate surface area is 155 Å². The maximum atomic E-state index is 13.5. The summed E-state index contributed by atoms with van der Waals surface area (Å²) in [6.07, 6.45) is 0.259. The second-order valence-electron chi connectivity index (χ2n) is 5.89. The molecular weight excluding hydrogens is 363 g/mol. The van der Waals surface area contributed by atoms with Gasteiger partial charge < -0.3 is 9.64 Å². The lowest BCUT2D eigenvalue weighted by molar-refractivity contribution is -0.133. The number of hydrogen-bond acceptors (Lipinski definition) is 4. The molecule has 1 fully saturated rings. The van der Waals surface area contributed by atoms with Crippen molar-refractivity contribution in [1.82, 2.24) is 9.80 Å². The van der Waals surface area contributed by atoms with E-state index in [0.29, 0.717) is 13.1 Å². The predicted octanol–water partition coefficient (Wildman–Crippen LogP) is 3.65. The van der Waals surface area contributed by atoms with E-state index in [4.69, 9.17) is 16.3 Å². The molecule has 0 bridgehead atoms. The molecule has 2 aromatic rings. The van der Waals surface area contributed by atoms with Crippen molar-refractivity contribution in [3.63, 3.8) is 0 Å². The normalized spacial score (nSPS) is 15.4. The number of benzene rings is 1. The van der Waals surface area contributed by atoms with E-state index < -0.39 is 5.82 Å². The maximum Gasteiger partial charge on any atom is 0.226 e. The smallest absolute Gasteiger partial charge is 0.226 e. The fourth-order valence-corrected chi connectivity index (χ4v) is 3.91. The van der Waals surface area contributed by atoms with Crippen LogP contribution in [0.3, 0.4) is 0 Å². The topological polar surface area (TPSA) is 32.8 Å². The van der Waals surface area contributed by atoms with E-state index in [0.717, 1.165) is 24.0 Å². The van der Waals surface area contributed by atoms with Crippen molar-refractivity contribution in [3.05, 3.63) is 51.4 Å². The summed E-state index contributed by atoms with van der Waals surface area (Å²) in [6, 6.07) is 10.2. The first-order valence-corrected chi connectivity index (χ1v) is 9.43. The van der Waals surface area contributed by atoms with Crippen molar-refractivity contribution in [1.29, 1.82) is 0 Å². The maximum absolute atomic E-state index is 13.5. The monoisotopic (exact) mass is 382 g/mol. The average Bonchev–Trinajstić information content (AvgIpc) is 3.02. The summed E-state index contributed by atoms with van der Waals surface area (Å²) >= 11 is 7.55. The van der Waals surface area contributed by atoms with Gasteiger partial charge in [-0.05, 0) is 24.3 Å². The summed E-state index contributed by atoms with van der Waals surface area (Å²) < 4.78 is 19.6. The molecule has 0 aliphatic carbocycles. The molecule has 3 rings (SSSR count). The first-order chi connectivity index (χ1) is 12.1. The van der Waals surface area contributed by atoms with Crippen LogP contribution in [0.2, 0.25) is 4.34 Å². The SMILES string of the molecule is O=C(CCOc1ccccc1F)N1CCN(Cc2ccc(Cl)s2)CC1. The van der Waals surface area contributed by atoms with Crippen LogP contribution in [0.25, 0.3) is 0 Å². The largest absolute Gasteiger partial charge is 0.490 e. The van der Waals surface area contributed by atoms with Crippen molar-refractivity contribution >= 4 is 28.8 Å². The van der Waals surface area contributed by atoms with Crippen LogP contribution in [-0.2, 0) is 11.3 Å². The van der Waals surface area contributed by atoms with Gasteiger partial charge in [-0.25, -0.2) is 4.39 Å². The van der Waals surface area contributed by atoms with Gasteiger partial charge in [0.05, 0.1) is 17.4 Å². The molecule has 0 unspecified atom stereocenters. The van der Waals surface area contributed by atoms with Gasteiger partial charge in [0.2, 0.25) is 5.91 Å². The highest BCUT2D eigenvalue weighted by molar-refractivity contribution is 7.16. The Morgan fingerprint density at radius 2 is 1.92 bits per heavy atom. The van der Waals surface area contributed by atoms with Gasteiger partial charge in [-0.2, -0.15) is 0 Å². The van der Waals surface area contributed by atoms with Crippen LogP contribution in [0, 0.1) is 5.82 Å². The van der Waals surface area contributed by atoms with Gasteiger partial charge >= 0.3 is 0 Å². The number of halogens is 2. The van der Waals surface area contributed by atoms with Gasteiger partial charge in [0.25, 0.3) is 0 Å². The van der Waals surface area contributed by atoms with E-state index in [-0.39, 0.29) is 24.7 Å². The van der Waals surface area contributed by atoms with Crippen LogP contribution >= 0.6 is 22.9 Å². The van der Waals surface area contributed by atoms with Crippen LogP contribution in [0.5, 0.6) is 5.75 Å². The summed E-state index contributed by atoms with van der Waals surface area (Å²) in [6.45, 7) is 4.16. The van der Waals surface area contributed by atoms with Crippen molar-refractivity contribution < 1.29 is 13.9 Å². The zero-order chi connectivity index (χ0) is 17.6. The minimum atomic E-state index is -0.405. The molecule has 0 atom stereocenters. The molecule has 1 aliphatic rings. The van der Waals surface area contributed by atoms with Crippen LogP contribution in [0.4, 0.5) is 4.39 Å². The molecule has 1 aliphatic heterocycles. The number of piperazine rings is 1. The van der Waals surface area contributed by atoms with Crippen LogP contribution in [0.1, 0.15) is 11.3 Å². The lowest BCUT2D eigenvalue weighted by atomic mass is 10.2. The number of ether oxygens (including phenoxy) is 1. The van der Waals surface area contributed by atoms with E-state index in [1.54, 1.807) is 29.5 Å². The second-order valence-corrected chi connectivity index (χ2v) is 7.69. The number of nitrogens with zero attached hydrogens (tertiary/aromatic N) is 2. The molecule has 1 aromatic carbocycles. The van der Waals surface area contributed by atoms with Gasteiger partial charge in [0, 0.05) is 37.6 Å². The van der Waals surface area contributed by atoms with E-state index >= 15 is 0 Å². The molecule has 1 amide bonds. The van der Waals surface area contributed by atoms with Crippen molar-refractivity contribution in [2.24, 2.45) is 0 Å². The van der Waals surface area contributed by atoms with E-state index in [1.165, 1.54) is 10.9 Å². The second kappa shape index (κ2) is 8.65. The Kier molecular flexibility index (Phi) is 6.29. The molecule has 0 saturated carbocycles. The summed E-state index contributed by atoms with van der Waals surface area (Å²) in [5.74, 6) is -0.165. The van der Waals surface area contributed by atoms with Crippen LogP contribution in [-0.4, -0.2) is 48.5 Å². The lowest BCUT2D eigenvalue weighted by Gasteiger charge is -2.34. The van der Waals surface area contributed by atoms with Crippen molar-refractivity contribution in [3.8, 4) is 5.75 Å². The molecule has 1 aromatic heterocycles. The highest BCUT2D eigenvalue weighted by atomic mass is 35.5. The number of carbonyl (C=O) groups is 1. The third kappa shape index (κ3) is 5.17. The Hall–Kier alpha value is -1.63. The summed E-state index contributed by atoms with van der Waals surface area (Å²) in [5.41, 5.74) is 0. The van der Waals surface area contributed by atoms with E-state index in [2.05, 4.69) is 4.90 Å². The Bertz CT molecular complexity index is 717. The van der Waals surface area contributed by atoms with Gasteiger partial charge in [0.1, 0.15) is 0 Å². The molecule has 1 saturated heterocycles. The van der Waals surface area contributed by atoms with Crippen LogP contribution in [0.15, 0.2) is 36.4 Å².